The maximum Gasteiger partial charge on any atom is 0.404 e. The van der Waals surface area contributed by atoms with Gasteiger partial charge in [0.1, 0.15) is 0 Å². The fourth-order valence-electron chi connectivity index (χ4n) is 2.45. The van der Waals surface area contributed by atoms with Crippen LogP contribution in [0.2, 0.25) is 0 Å². The molecule has 0 spiro atoms. The number of halogens is 3. The molecule has 0 aromatic heterocycles. The fraction of sp³-hybridized carbons (Fsp3) is 0.636. The molecular weight excluding hydrogens is 235 g/mol. The zero-order valence-electron chi connectivity index (χ0n) is 9.44. The predicted molar refractivity (Wildman–Crippen MR) is 52.7 cm³/mol. The van der Waals surface area contributed by atoms with E-state index in [0.29, 0.717) is 6.42 Å². The van der Waals surface area contributed by atoms with Gasteiger partial charge in [-0.1, -0.05) is 13.8 Å². The normalized spacial score (nSPS) is 28.2. The van der Waals surface area contributed by atoms with E-state index in [9.17, 15) is 22.8 Å². The minimum absolute atomic E-state index is 0.0490. The summed E-state index contributed by atoms with van der Waals surface area (Å²) in [5.41, 5.74) is -0.621. The number of alkyl halides is 3. The molecule has 94 valence electrons. The first-order chi connectivity index (χ1) is 7.62. The van der Waals surface area contributed by atoms with Gasteiger partial charge in [-0.05, 0) is 11.8 Å². The molecule has 0 saturated carbocycles. The van der Waals surface area contributed by atoms with Gasteiger partial charge in [-0.15, -0.1) is 0 Å². The molecule has 2 aliphatic rings. The van der Waals surface area contributed by atoms with Crippen molar-refractivity contribution in [3.63, 3.8) is 0 Å². The van der Waals surface area contributed by atoms with Gasteiger partial charge >= 0.3 is 6.18 Å². The molecule has 1 amide bonds. The molecule has 0 bridgehead atoms. The number of hydrogen-bond acceptors (Lipinski definition) is 2. The van der Waals surface area contributed by atoms with Crippen LogP contribution in [0.3, 0.4) is 0 Å². The minimum Gasteiger partial charge on any atom is -0.328 e. The van der Waals surface area contributed by atoms with Crippen LogP contribution in [0.1, 0.15) is 26.7 Å². The van der Waals surface area contributed by atoms with E-state index < -0.39 is 29.2 Å². The van der Waals surface area contributed by atoms with Gasteiger partial charge in [0, 0.05) is 17.7 Å². The lowest BCUT2D eigenvalue weighted by molar-refractivity contribution is -0.173. The molecule has 1 aliphatic carbocycles. The molecule has 0 aromatic rings. The molecule has 1 aliphatic heterocycles. The summed E-state index contributed by atoms with van der Waals surface area (Å²) in [6, 6.07) is 0. The Hall–Kier alpha value is -1.33. The molecule has 0 saturated heterocycles. The maximum absolute atomic E-state index is 12.7. The van der Waals surface area contributed by atoms with Crippen molar-refractivity contribution in [1.29, 1.82) is 0 Å². The number of carbonyl (C=O) groups is 2. The lowest BCUT2D eigenvalue weighted by Crippen LogP contribution is -2.35. The highest BCUT2D eigenvalue weighted by Gasteiger charge is 2.55. The Kier molecular flexibility index (Phi) is 2.38. The molecule has 1 unspecified atom stereocenters. The molecule has 2 rings (SSSR count). The minimum atomic E-state index is -4.70. The molecule has 17 heavy (non-hydrogen) atoms. The Morgan fingerprint density at radius 1 is 1.24 bits per heavy atom. The van der Waals surface area contributed by atoms with Crippen molar-refractivity contribution >= 4 is 11.7 Å². The molecule has 1 atom stereocenters. The lowest BCUT2D eigenvalue weighted by atomic mass is 9.74. The zero-order valence-corrected chi connectivity index (χ0v) is 9.44. The number of Topliss-reactive ketones (excluding diaryl/α,β-unsaturated/α-hetero) is 1. The van der Waals surface area contributed by atoms with Gasteiger partial charge in [-0.2, -0.15) is 13.2 Å². The second kappa shape index (κ2) is 3.34. The van der Waals surface area contributed by atoms with E-state index in [1.165, 1.54) is 0 Å². The van der Waals surface area contributed by atoms with Crippen molar-refractivity contribution < 1.29 is 22.8 Å². The summed E-state index contributed by atoms with van der Waals surface area (Å²) in [5, 5.41) is 2.20. The second-order valence-corrected chi connectivity index (χ2v) is 5.30. The number of carbonyl (C=O) groups excluding carboxylic acids is 2. The fourth-order valence-corrected chi connectivity index (χ4v) is 2.45. The van der Waals surface area contributed by atoms with E-state index in [-0.39, 0.29) is 17.7 Å². The van der Waals surface area contributed by atoms with Gasteiger partial charge in [0.25, 0.3) is 0 Å². The SMILES string of the molecule is CC1(C)CC(=O)C2=C(C1)NC(=O)C2C(F)(F)F. The van der Waals surface area contributed by atoms with Crippen LogP contribution in [-0.4, -0.2) is 17.9 Å². The smallest absolute Gasteiger partial charge is 0.328 e. The molecule has 6 heteroatoms. The van der Waals surface area contributed by atoms with Crippen LogP contribution >= 0.6 is 0 Å². The van der Waals surface area contributed by atoms with Gasteiger partial charge in [0.05, 0.1) is 0 Å². The maximum atomic E-state index is 12.7. The van der Waals surface area contributed by atoms with Crippen molar-refractivity contribution in [2.75, 3.05) is 0 Å². The molecular formula is C11H12F3NO2. The van der Waals surface area contributed by atoms with Crippen molar-refractivity contribution in [2.24, 2.45) is 11.3 Å². The van der Waals surface area contributed by atoms with E-state index >= 15 is 0 Å². The third-order valence-electron chi connectivity index (χ3n) is 3.07. The highest BCUT2D eigenvalue weighted by molar-refractivity contribution is 6.07. The summed E-state index contributed by atoms with van der Waals surface area (Å²) >= 11 is 0. The second-order valence-electron chi connectivity index (χ2n) is 5.30. The summed E-state index contributed by atoms with van der Waals surface area (Å²) in [6.45, 7) is 3.59. The summed E-state index contributed by atoms with van der Waals surface area (Å²) in [6.07, 6.45) is -4.35. The van der Waals surface area contributed by atoms with Crippen LogP contribution in [-0.2, 0) is 9.59 Å². The van der Waals surface area contributed by atoms with E-state index in [2.05, 4.69) is 5.32 Å². The Morgan fingerprint density at radius 2 is 1.82 bits per heavy atom. The van der Waals surface area contributed by atoms with Crippen molar-refractivity contribution in [2.45, 2.75) is 32.9 Å². The predicted octanol–water partition coefficient (Wildman–Crippen LogP) is 1.94. The van der Waals surface area contributed by atoms with Crippen LogP contribution in [0.25, 0.3) is 0 Å². The van der Waals surface area contributed by atoms with E-state index in [1.54, 1.807) is 13.8 Å². The van der Waals surface area contributed by atoms with Crippen molar-refractivity contribution in [3.8, 4) is 0 Å². The standard InChI is InChI=1S/C11H12F3NO2/c1-10(2)3-5-7(6(16)4-10)8(9(17)15-5)11(12,13)14/h8H,3-4H2,1-2H3,(H,15,17). The monoisotopic (exact) mass is 247 g/mol. The molecule has 0 fully saturated rings. The number of amides is 1. The van der Waals surface area contributed by atoms with Gasteiger partial charge in [-0.3, -0.25) is 9.59 Å². The first-order valence-corrected chi connectivity index (χ1v) is 5.26. The van der Waals surface area contributed by atoms with E-state index in [4.69, 9.17) is 0 Å². The lowest BCUT2D eigenvalue weighted by Gasteiger charge is -2.30. The van der Waals surface area contributed by atoms with Crippen LogP contribution in [0.15, 0.2) is 11.3 Å². The number of ketones is 1. The molecule has 0 aromatic carbocycles. The summed E-state index contributed by atoms with van der Waals surface area (Å²) in [7, 11) is 0. The largest absolute Gasteiger partial charge is 0.404 e. The van der Waals surface area contributed by atoms with Crippen LogP contribution in [0.5, 0.6) is 0 Å². The first-order valence-electron chi connectivity index (χ1n) is 5.26. The van der Waals surface area contributed by atoms with Crippen molar-refractivity contribution in [3.05, 3.63) is 11.3 Å². The number of hydrogen-bond donors (Lipinski definition) is 1. The Bertz CT molecular complexity index is 434. The quantitative estimate of drug-likeness (QED) is 0.711. The number of allylic oxidation sites excluding steroid dienone is 1. The summed E-state index contributed by atoms with van der Waals surface area (Å²) < 4.78 is 38.1. The highest BCUT2D eigenvalue weighted by Crippen LogP contribution is 2.45. The average molecular weight is 247 g/mol. The van der Waals surface area contributed by atoms with Gasteiger partial charge in [0.2, 0.25) is 5.91 Å². The highest BCUT2D eigenvalue weighted by atomic mass is 19.4. The molecule has 1 heterocycles. The third kappa shape index (κ3) is 1.96. The van der Waals surface area contributed by atoms with Crippen molar-refractivity contribution in [1.82, 2.24) is 5.32 Å². The van der Waals surface area contributed by atoms with Crippen LogP contribution < -0.4 is 5.32 Å². The average Bonchev–Trinajstić information content (AvgIpc) is 2.37. The third-order valence-corrected chi connectivity index (χ3v) is 3.07. The summed E-state index contributed by atoms with van der Waals surface area (Å²) in [4.78, 5) is 23.1. The zero-order chi connectivity index (χ0) is 13.0. The summed E-state index contributed by atoms with van der Waals surface area (Å²) in [5.74, 6) is -3.98. The Morgan fingerprint density at radius 3 is 2.35 bits per heavy atom. The van der Waals surface area contributed by atoms with Crippen LogP contribution in [0.4, 0.5) is 13.2 Å². The van der Waals surface area contributed by atoms with Crippen LogP contribution in [0, 0.1) is 11.3 Å². The van der Waals surface area contributed by atoms with E-state index in [1.807, 2.05) is 0 Å². The molecule has 1 N–H and O–H groups in total. The number of nitrogens with one attached hydrogen (secondary N) is 1. The van der Waals surface area contributed by atoms with Gasteiger partial charge < -0.3 is 5.32 Å². The number of rotatable bonds is 0. The van der Waals surface area contributed by atoms with Gasteiger partial charge in [0.15, 0.2) is 11.7 Å². The first kappa shape index (κ1) is 12.1. The Labute approximate surface area is 96.1 Å². The molecule has 3 nitrogen and oxygen atoms in total. The Balaban J connectivity index is 2.45. The topological polar surface area (TPSA) is 46.2 Å². The molecule has 0 radical (unpaired) electrons. The van der Waals surface area contributed by atoms with Gasteiger partial charge in [-0.25, -0.2) is 0 Å². The van der Waals surface area contributed by atoms with E-state index in [0.717, 1.165) is 0 Å².